The molecule has 6 nitrogen and oxygen atoms in total. The number of carbonyl (C=O) groups excluding carboxylic acids is 1. The van der Waals surface area contributed by atoms with E-state index in [0.717, 1.165) is 0 Å². The lowest BCUT2D eigenvalue weighted by Gasteiger charge is -2.15. The average molecular weight is 255 g/mol. The summed E-state index contributed by atoms with van der Waals surface area (Å²) < 4.78 is 10.1. The van der Waals surface area contributed by atoms with Gasteiger partial charge in [0.25, 0.3) is 5.91 Å². The Bertz CT molecular complexity index is 403. The lowest BCUT2D eigenvalue weighted by molar-refractivity contribution is 0.0876. The van der Waals surface area contributed by atoms with Crippen LogP contribution in [0.15, 0.2) is 18.2 Å². The number of benzene rings is 1. The lowest BCUT2D eigenvalue weighted by Crippen LogP contribution is -2.40. The Kier molecular flexibility index (Phi) is 5.41. The molecule has 100 valence electrons. The predicted octanol–water partition coefficient (Wildman–Crippen LogP) is -0.213. The molecule has 6 heteroatoms. The zero-order chi connectivity index (χ0) is 13.5. The first-order valence-electron chi connectivity index (χ1n) is 5.40. The van der Waals surface area contributed by atoms with E-state index >= 15 is 0 Å². The fraction of sp³-hybridized carbons (Fsp3) is 0.417. The molecule has 0 saturated carbocycles. The van der Waals surface area contributed by atoms with Gasteiger partial charge in [0.2, 0.25) is 0 Å². The Balaban J connectivity index is 2.95. The molecule has 0 aromatic heterocycles. The summed E-state index contributed by atoms with van der Waals surface area (Å²) in [7, 11) is 2.95. The SMILES string of the molecule is COc1ccc(OC)c(C(=O)NC(CO)CO)c1. The fourth-order valence-electron chi connectivity index (χ4n) is 1.40. The Morgan fingerprint density at radius 1 is 1.28 bits per heavy atom. The second kappa shape index (κ2) is 6.83. The Labute approximate surface area is 105 Å². The molecule has 0 bridgehead atoms. The van der Waals surface area contributed by atoms with E-state index in [1.54, 1.807) is 12.1 Å². The first-order chi connectivity index (χ1) is 8.65. The van der Waals surface area contributed by atoms with Gasteiger partial charge in [-0.05, 0) is 18.2 Å². The maximum atomic E-state index is 12.0. The van der Waals surface area contributed by atoms with Gasteiger partial charge >= 0.3 is 0 Å². The van der Waals surface area contributed by atoms with Gasteiger partial charge in [0, 0.05) is 0 Å². The number of amides is 1. The van der Waals surface area contributed by atoms with Crippen LogP contribution in [0, 0.1) is 0 Å². The summed E-state index contributed by atoms with van der Waals surface area (Å²) in [5, 5.41) is 20.3. The van der Waals surface area contributed by atoms with Gasteiger partial charge in [-0.25, -0.2) is 0 Å². The van der Waals surface area contributed by atoms with E-state index in [2.05, 4.69) is 5.32 Å². The molecule has 0 heterocycles. The summed E-state index contributed by atoms with van der Waals surface area (Å²) in [6, 6.07) is 4.11. The molecule has 0 aliphatic rings. The number of nitrogens with one attached hydrogen (secondary N) is 1. The second-order valence-electron chi connectivity index (χ2n) is 3.60. The molecule has 0 radical (unpaired) electrons. The lowest BCUT2D eigenvalue weighted by atomic mass is 10.1. The topological polar surface area (TPSA) is 88.0 Å². The zero-order valence-electron chi connectivity index (χ0n) is 10.3. The average Bonchev–Trinajstić information content (AvgIpc) is 2.43. The Hall–Kier alpha value is -1.79. The van der Waals surface area contributed by atoms with Gasteiger partial charge in [0.15, 0.2) is 0 Å². The first kappa shape index (κ1) is 14.3. The van der Waals surface area contributed by atoms with Crippen molar-refractivity contribution in [1.29, 1.82) is 0 Å². The first-order valence-corrected chi connectivity index (χ1v) is 5.40. The van der Waals surface area contributed by atoms with Crippen LogP contribution < -0.4 is 14.8 Å². The number of hydrogen-bond donors (Lipinski definition) is 3. The number of ether oxygens (including phenoxy) is 2. The fourth-order valence-corrected chi connectivity index (χ4v) is 1.40. The second-order valence-corrected chi connectivity index (χ2v) is 3.60. The predicted molar refractivity (Wildman–Crippen MR) is 65.0 cm³/mol. The van der Waals surface area contributed by atoms with Crippen molar-refractivity contribution in [1.82, 2.24) is 5.32 Å². The van der Waals surface area contributed by atoms with E-state index in [1.165, 1.54) is 20.3 Å². The maximum absolute atomic E-state index is 12.0. The number of carbonyl (C=O) groups is 1. The van der Waals surface area contributed by atoms with E-state index < -0.39 is 11.9 Å². The van der Waals surface area contributed by atoms with Crippen molar-refractivity contribution in [3.8, 4) is 11.5 Å². The smallest absolute Gasteiger partial charge is 0.255 e. The molecule has 0 unspecified atom stereocenters. The summed E-state index contributed by atoms with van der Waals surface area (Å²) in [6.45, 7) is -0.678. The molecule has 0 atom stereocenters. The monoisotopic (exact) mass is 255 g/mol. The van der Waals surface area contributed by atoms with Crippen molar-refractivity contribution in [2.24, 2.45) is 0 Å². The van der Waals surface area contributed by atoms with Crippen LogP contribution in [0.5, 0.6) is 11.5 Å². The summed E-state index contributed by atoms with van der Waals surface area (Å²) in [4.78, 5) is 12.0. The minimum Gasteiger partial charge on any atom is -0.497 e. The molecule has 3 N–H and O–H groups in total. The van der Waals surface area contributed by atoms with Crippen LogP contribution >= 0.6 is 0 Å². The van der Waals surface area contributed by atoms with Gasteiger partial charge in [-0.2, -0.15) is 0 Å². The number of aliphatic hydroxyl groups is 2. The van der Waals surface area contributed by atoms with Crippen molar-refractivity contribution in [2.75, 3.05) is 27.4 Å². The quantitative estimate of drug-likeness (QED) is 0.654. The van der Waals surface area contributed by atoms with Crippen molar-refractivity contribution >= 4 is 5.91 Å². The molecule has 0 fully saturated rings. The van der Waals surface area contributed by atoms with E-state index in [0.29, 0.717) is 11.5 Å². The van der Waals surface area contributed by atoms with Crippen molar-refractivity contribution in [2.45, 2.75) is 6.04 Å². The van der Waals surface area contributed by atoms with Gasteiger partial charge in [-0.1, -0.05) is 0 Å². The number of aliphatic hydroxyl groups excluding tert-OH is 2. The Morgan fingerprint density at radius 3 is 2.44 bits per heavy atom. The molecule has 0 aliphatic carbocycles. The molecule has 0 aliphatic heterocycles. The third-order valence-electron chi connectivity index (χ3n) is 2.43. The molecule has 0 saturated heterocycles. The molecule has 0 spiro atoms. The normalized spacial score (nSPS) is 10.3. The zero-order valence-corrected chi connectivity index (χ0v) is 10.3. The summed E-state index contributed by atoms with van der Waals surface area (Å²) in [6.07, 6.45) is 0. The van der Waals surface area contributed by atoms with Crippen molar-refractivity contribution in [3.05, 3.63) is 23.8 Å². The standard InChI is InChI=1S/C12H17NO5/c1-17-9-3-4-11(18-2)10(5-9)12(16)13-8(6-14)7-15/h3-5,8,14-15H,6-7H2,1-2H3,(H,13,16). The summed E-state index contributed by atoms with van der Waals surface area (Å²) in [5.74, 6) is 0.465. The van der Waals surface area contributed by atoms with Gasteiger partial charge in [0.05, 0.1) is 39.0 Å². The van der Waals surface area contributed by atoms with Gasteiger partial charge in [0.1, 0.15) is 11.5 Å². The molecule has 1 aromatic rings. The van der Waals surface area contributed by atoms with Crippen LogP contribution in [0.2, 0.25) is 0 Å². The van der Waals surface area contributed by atoms with Gasteiger partial charge < -0.3 is 25.0 Å². The Morgan fingerprint density at radius 2 is 1.94 bits per heavy atom. The molecule has 1 aromatic carbocycles. The molecular weight excluding hydrogens is 238 g/mol. The number of rotatable bonds is 6. The largest absolute Gasteiger partial charge is 0.497 e. The van der Waals surface area contributed by atoms with Gasteiger partial charge in [-0.3, -0.25) is 4.79 Å². The third-order valence-corrected chi connectivity index (χ3v) is 2.43. The van der Waals surface area contributed by atoms with Crippen LogP contribution in [0.25, 0.3) is 0 Å². The molecule has 1 rings (SSSR count). The summed E-state index contributed by atoms with van der Waals surface area (Å²) in [5.41, 5.74) is 0.281. The highest BCUT2D eigenvalue weighted by Crippen LogP contribution is 2.23. The number of hydrogen-bond acceptors (Lipinski definition) is 5. The van der Waals surface area contributed by atoms with Crippen molar-refractivity contribution in [3.63, 3.8) is 0 Å². The van der Waals surface area contributed by atoms with Crippen LogP contribution in [0.1, 0.15) is 10.4 Å². The minimum absolute atomic E-state index is 0.281. The number of methoxy groups -OCH3 is 2. The highest BCUT2D eigenvalue weighted by atomic mass is 16.5. The van der Waals surface area contributed by atoms with E-state index in [1.807, 2.05) is 0 Å². The molecular formula is C12H17NO5. The highest BCUT2D eigenvalue weighted by Gasteiger charge is 2.16. The van der Waals surface area contributed by atoms with Crippen LogP contribution in [0.3, 0.4) is 0 Å². The summed E-state index contributed by atoms with van der Waals surface area (Å²) >= 11 is 0. The van der Waals surface area contributed by atoms with Crippen LogP contribution in [0.4, 0.5) is 0 Å². The van der Waals surface area contributed by atoms with E-state index in [-0.39, 0.29) is 18.8 Å². The van der Waals surface area contributed by atoms with Crippen molar-refractivity contribution < 1.29 is 24.5 Å². The third kappa shape index (κ3) is 3.35. The van der Waals surface area contributed by atoms with Gasteiger partial charge in [-0.15, -0.1) is 0 Å². The van der Waals surface area contributed by atoms with Crippen LogP contribution in [-0.4, -0.2) is 49.6 Å². The minimum atomic E-state index is -0.701. The van der Waals surface area contributed by atoms with Crippen LogP contribution in [-0.2, 0) is 0 Å². The molecule has 18 heavy (non-hydrogen) atoms. The van der Waals surface area contributed by atoms with E-state index in [4.69, 9.17) is 19.7 Å². The molecule has 1 amide bonds. The maximum Gasteiger partial charge on any atom is 0.255 e. The van der Waals surface area contributed by atoms with E-state index in [9.17, 15) is 4.79 Å². The highest BCUT2D eigenvalue weighted by molar-refractivity contribution is 5.97.